The van der Waals surface area contributed by atoms with Gasteiger partial charge in [0.15, 0.2) is 5.13 Å². The molecule has 5 heterocycles. The Hall–Kier alpha value is -2.73. The summed E-state index contributed by atoms with van der Waals surface area (Å²) in [6, 6.07) is 8.32. The number of rotatable bonds is 2. The second-order valence-electron chi connectivity index (χ2n) is 11.0. The van der Waals surface area contributed by atoms with Gasteiger partial charge >= 0.3 is 0 Å². The number of nitrogens with zero attached hydrogens (tertiary/aromatic N) is 4. The van der Waals surface area contributed by atoms with Gasteiger partial charge in [-0.3, -0.25) is 9.69 Å². The monoisotopic (exact) mass is 487 g/mol. The van der Waals surface area contributed by atoms with Gasteiger partial charge in [-0.2, -0.15) is 5.26 Å². The van der Waals surface area contributed by atoms with Gasteiger partial charge in [0.1, 0.15) is 4.88 Å². The number of thiazole rings is 1. The van der Waals surface area contributed by atoms with Crippen LogP contribution in [0, 0.1) is 11.3 Å². The van der Waals surface area contributed by atoms with Gasteiger partial charge < -0.3 is 14.6 Å². The van der Waals surface area contributed by atoms with E-state index in [1.165, 1.54) is 12.8 Å². The average molecular weight is 488 g/mol. The largest absolute Gasteiger partial charge is 0.372 e. The van der Waals surface area contributed by atoms with E-state index >= 15 is 0 Å². The zero-order valence-electron chi connectivity index (χ0n) is 20.1. The van der Waals surface area contributed by atoms with E-state index in [0.717, 1.165) is 76.9 Å². The Morgan fingerprint density at radius 1 is 1.17 bits per heavy atom. The van der Waals surface area contributed by atoms with E-state index in [-0.39, 0.29) is 5.78 Å². The normalized spacial score (nSPS) is 26.1. The topological polar surface area (TPSA) is 85.2 Å². The van der Waals surface area contributed by atoms with Crippen LogP contribution in [-0.4, -0.2) is 65.1 Å². The van der Waals surface area contributed by atoms with E-state index < -0.39 is 5.41 Å². The maximum absolute atomic E-state index is 13.7. The van der Waals surface area contributed by atoms with Crippen molar-refractivity contribution in [1.82, 2.24) is 14.9 Å². The van der Waals surface area contributed by atoms with Crippen molar-refractivity contribution in [2.24, 2.45) is 0 Å². The van der Waals surface area contributed by atoms with Gasteiger partial charge in [-0.1, -0.05) is 17.4 Å². The molecule has 3 fully saturated rings. The fraction of sp³-hybridized carbons (Fsp3) is 0.519. The number of carbonyl (C=O) groups is 1. The molecule has 35 heavy (non-hydrogen) atoms. The standard InChI is InChI=1S/C27H29N5O2S/c1-27(2)24-21(19-6-3-15(12-28)11-20(19)29-24)22(33)23-25(27)30-26(35-23)31-9-7-16(8-10-31)32-13-17-4-5-18(14-32)34-17/h3,6,11,16-18,29H,4-5,7-10,13-14H2,1-2H3. The maximum Gasteiger partial charge on any atom is 0.207 e. The summed E-state index contributed by atoms with van der Waals surface area (Å²) in [6.07, 6.45) is 5.56. The molecule has 0 saturated carbocycles. The van der Waals surface area contributed by atoms with Crippen LogP contribution in [0.25, 0.3) is 10.9 Å². The lowest BCUT2D eigenvalue weighted by molar-refractivity contribution is -0.0556. The van der Waals surface area contributed by atoms with Crippen LogP contribution in [0.4, 0.5) is 5.13 Å². The number of anilines is 1. The number of likely N-dealkylation sites (tertiary alicyclic amines) is 1. The van der Waals surface area contributed by atoms with E-state index in [9.17, 15) is 10.1 Å². The number of H-pyrrole nitrogens is 1. The number of nitriles is 1. The van der Waals surface area contributed by atoms with Crippen LogP contribution in [0.2, 0.25) is 0 Å². The Labute approximate surface area is 208 Å². The molecule has 0 radical (unpaired) electrons. The van der Waals surface area contributed by atoms with Crippen molar-refractivity contribution in [3.8, 4) is 6.07 Å². The van der Waals surface area contributed by atoms with E-state index in [2.05, 4.69) is 34.7 Å². The summed E-state index contributed by atoms with van der Waals surface area (Å²) >= 11 is 1.55. The van der Waals surface area contributed by atoms with Crippen LogP contribution in [0.15, 0.2) is 18.2 Å². The highest BCUT2D eigenvalue weighted by Crippen LogP contribution is 2.47. The molecule has 4 aliphatic rings. The minimum Gasteiger partial charge on any atom is -0.372 e. The highest BCUT2D eigenvalue weighted by atomic mass is 32.1. The molecule has 7 nitrogen and oxygen atoms in total. The quantitative estimate of drug-likeness (QED) is 0.583. The summed E-state index contributed by atoms with van der Waals surface area (Å²) in [7, 11) is 0. The second kappa shape index (κ2) is 7.63. The van der Waals surface area contributed by atoms with Crippen LogP contribution in [-0.2, 0) is 10.2 Å². The summed E-state index contributed by atoms with van der Waals surface area (Å²) in [6.45, 7) is 8.39. The minimum absolute atomic E-state index is 0.0488. The highest BCUT2D eigenvalue weighted by Gasteiger charge is 2.44. The third-order valence-electron chi connectivity index (χ3n) is 8.52. The zero-order chi connectivity index (χ0) is 23.9. The predicted octanol–water partition coefficient (Wildman–Crippen LogP) is 4.20. The molecule has 3 aliphatic heterocycles. The number of piperidine rings is 1. The Kier molecular flexibility index (Phi) is 4.70. The first-order chi connectivity index (χ1) is 16.9. The first kappa shape index (κ1) is 21.5. The Balaban J connectivity index is 1.15. The second-order valence-corrected chi connectivity index (χ2v) is 12.0. The minimum atomic E-state index is -0.412. The van der Waals surface area contributed by atoms with Gasteiger partial charge in [0.25, 0.3) is 0 Å². The van der Waals surface area contributed by atoms with Crippen LogP contribution in [0.5, 0.6) is 0 Å². The highest BCUT2D eigenvalue weighted by molar-refractivity contribution is 7.18. The van der Waals surface area contributed by atoms with Crippen molar-refractivity contribution in [2.75, 3.05) is 31.1 Å². The van der Waals surface area contributed by atoms with Gasteiger partial charge in [-0.25, -0.2) is 4.98 Å². The first-order valence-corrected chi connectivity index (χ1v) is 13.5. The molecule has 1 aromatic carbocycles. The summed E-state index contributed by atoms with van der Waals surface area (Å²) in [5.74, 6) is 0.0488. The molecule has 180 valence electrons. The third kappa shape index (κ3) is 3.22. The van der Waals surface area contributed by atoms with Crippen molar-refractivity contribution in [1.29, 1.82) is 5.26 Å². The fourth-order valence-corrected chi connectivity index (χ4v) is 7.82. The Morgan fingerprint density at radius 2 is 1.91 bits per heavy atom. The Bertz CT molecular complexity index is 1380. The van der Waals surface area contributed by atoms with Crippen molar-refractivity contribution >= 4 is 33.2 Å². The average Bonchev–Trinajstić information content (AvgIpc) is 3.58. The van der Waals surface area contributed by atoms with E-state index in [4.69, 9.17) is 9.72 Å². The number of aromatic amines is 1. The number of ketones is 1. The number of hydrogen-bond donors (Lipinski definition) is 1. The Morgan fingerprint density at radius 3 is 2.63 bits per heavy atom. The lowest BCUT2D eigenvalue weighted by atomic mass is 9.77. The van der Waals surface area contributed by atoms with Crippen LogP contribution < -0.4 is 4.90 Å². The summed E-state index contributed by atoms with van der Waals surface area (Å²) < 4.78 is 6.03. The van der Waals surface area contributed by atoms with Gasteiger partial charge in [0.05, 0.1) is 35.1 Å². The van der Waals surface area contributed by atoms with Crippen molar-refractivity contribution in [3.63, 3.8) is 0 Å². The number of nitrogens with one attached hydrogen (secondary N) is 1. The van der Waals surface area contributed by atoms with Gasteiger partial charge in [0, 0.05) is 54.2 Å². The molecule has 2 atom stereocenters. The van der Waals surface area contributed by atoms with Crippen molar-refractivity contribution < 1.29 is 9.53 Å². The molecule has 0 amide bonds. The molecule has 0 spiro atoms. The molecule has 2 aromatic heterocycles. The van der Waals surface area contributed by atoms with E-state index in [1.807, 2.05) is 12.1 Å². The number of morpholine rings is 1. The van der Waals surface area contributed by atoms with Crippen molar-refractivity contribution in [3.05, 3.63) is 45.6 Å². The molecule has 1 N–H and O–H groups in total. The lowest BCUT2D eigenvalue weighted by Crippen LogP contribution is -2.51. The number of fused-ring (bicyclic) bond motifs is 6. The lowest BCUT2D eigenvalue weighted by Gasteiger charge is -2.42. The number of hydrogen-bond acceptors (Lipinski definition) is 7. The maximum atomic E-state index is 13.7. The fourth-order valence-electron chi connectivity index (χ4n) is 6.59. The third-order valence-corrected chi connectivity index (χ3v) is 9.63. The number of benzene rings is 1. The van der Waals surface area contributed by atoms with E-state index in [1.54, 1.807) is 17.4 Å². The van der Waals surface area contributed by atoms with Crippen molar-refractivity contribution in [2.45, 2.75) is 63.2 Å². The zero-order valence-corrected chi connectivity index (χ0v) is 21.0. The summed E-state index contributed by atoms with van der Waals surface area (Å²) in [5, 5.41) is 11.1. The molecule has 8 heteroatoms. The molecule has 3 aromatic rings. The molecular weight excluding hydrogens is 458 g/mol. The molecule has 3 saturated heterocycles. The molecule has 1 aliphatic carbocycles. The predicted molar refractivity (Wildman–Crippen MR) is 135 cm³/mol. The number of carbonyl (C=O) groups excluding carboxylic acids is 1. The first-order valence-electron chi connectivity index (χ1n) is 12.7. The van der Waals surface area contributed by atoms with Gasteiger partial charge in [-0.05, 0) is 51.7 Å². The van der Waals surface area contributed by atoms with E-state index in [0.29, 0.717) is 23.8 Å². The molecule has 7 rings (SSSR count). The number of ether oxygens (including phenoxy) is 1. The van der Waals surface area contributed by atoms with Crippen LogP contribution in [0.1, 0.15) is 71.7 Å². The van der Waals surface area contributed by atoms with Gasteiger partial charge in [-0.15, -0.1) is 0 Å². The van der Waals surface area contributed by atoms with Crippen LogP contribution in [0.3, 0.4) is 0 Å². The van der Waals surface area contributed by atoms with Gasteiger partial charge in [0.2, 0.25) is 5.78 Å². The molecule has 2 bridgehead atoms. The summed E-state index contributed by atoms with van der Waals surface area (Å²) in [5.41, 5.74) is 3.52. The van der Waals surface area contributed by atoms with Crippen LogP contribution >= 0.6 is 11.3 Å². The molecule has 2 unspecified atom stereocenters. The smallest absolute Gasteiger partial charge is 0.207 e. The SMILES string of the molecule is CC1(C)c2nc(N3CCC(N4CC5CCC(C4)O5)CC3)sc2C(=O)c2c1[nH]c1cc(C#N)ccc21. The molecular formula is C27H29N5O2S. The summed E-state index contributed by atoms with van der Waals surface area (Å²) in [4.78, 5) is 28.0. The number of aromatic nitrogens is 2.